The molecule has 0 aliphatic carbocycles. The zero-order valence-electron chi connectivity index (χ0n) is 15.9. The van der Waals surface area contributed by atoms with Crippen LogP contribution in [0, 0.1) is 10.8 Å². The van der Waals surface area contributed by atoms with E-state index >= 15 is 0 Å². The van der Waals surface area contributed by atoms with Gasteiger partial charge in [0.25, 0.3) is 0 Å². The minimum Gasteiger partial charge on any atom is -0.398 e. The molecule has 142 valence electrons. The van der Waals surface area contributed by atoms with Gasteiger partial charge in [-0.2, -0.15) is 0 Å². The molecule has 0 radical (unpaired) electrons. The van der Waals surface area contributed by atoms with Gasteiger partial charge in [0.1, 0.15) is 0 Å². The van der Waals surface area contributed by atoms with E-state index in [9.17, 15) is 4.79 Å². The fourth-order valence-corrected chi connectivity index (χ4v) is 3.46. The molecule has 4 N–H and O–H groups in total. The first-order valence-electron chi connectivity index (χ1n) is 8.74. The second-order valence-electron chi connectivity index (χ2n) is 5.99. The molecular formula is C23H23N3OS. The summed E-state index contributed by atoms with van der Waals surface area (Å²) in [5.41, 5.74) is 8.45. The van der Waals surface area contributed by atoms with Crippen molar-refractivity contribution in [2.24, 2.45) is 0 Å². The Morgan fingerprint density at radius 2 is 1.75 bits per heavy atom. The molecule has 0 atom stereocenters. The average molecular weight is 390 g/mol. The zero-order valence-corrected chi connectivity index (χ0v) is 16.7. The minimum atomic E-state index is 0.0190. The predicted molar refractivity (Wildman–Crippen MR) is 119 cm³/mol. The number of hydrogen-bond donors (Lipinski definition) is 3. The fourth-order valence-electron chi connectivity index (χ4n) is 2.41. The highest BCUT2D eigenvalue weighted by Crippen LogP contribution is 2.32. The van der Waals surface area contributed by atoms with Gasteiger partial charge >= 0.3 is 0 Å². The first kappa shape index (κ1) is 21.1. The quantitative estimate of drug-likeness (QED) is 0.234. The lowest BCUT2D eigenvalue weighted by atomic mass is 10.1. The lowest BCUT2D eigenvalue weighted by molar-refractivity contribution is 0.101. The fraction of sp³-hybridized carbons (Fsp3) is 0.0870. The summed E-state index contributed by atoms with van der Waals surface area (Å²) in [6.07, 6.45) is 10.3. The van der Waals surface area contributed by atoms with Crippen LogP contribution in [0.2, 0.25) is 0 Å². The van der Waals surface area contributed by atoms with E-state index in [0.717, 1.165) is 9.79 Å². The predicted octanol–water partition coefficient (Wildman–Crippen LogP) is 5.70. The van der Waals surface area contributed by atoms with Crippen LogP contribution in [0.3, 0.4) is 0 Å². The molecule has 2 rings (SSSR count). The molecule has 0 aliphatic rings. The summed E-state index contributed by atoms with van der Waals surface area (Å²) in [6.45, 7) is 3.46. The Kier molecular flexibility index (Phi) is 7.72. The number of Topliss-reactive ketones (excluding diaryl/α,β-unsaturated/α-hetero) is 1. The van der Waals surface area contributed by atoms with Crippen molar-refractivity contribution >= 4 is 34.7 Å². The van der Waals surface area contributed by atoms with E-state index in [4.69, 9.17) is 16.6 Å². The van der Waals surface area contributed by atoms with E-state index in [1.54, 1.807) is 43.4 Å². The molecule has 0 fully saturated rings. The van der Waals surface area contributed by atoms with Crippen LogP contribution < -0.4 is 5.73 Å². The number of ketones is 1. The Bertz CT molecular complexity index is 987. The molecule has 0 aliphatic heterocycles. The molecule has 2 aromatic carbocycles. The lowest BCUT2D eigenvalue weighted by Gasteiger charge is -2.09. The van der Waals surface area contributed by atoms with Gasteiger partial charge in [0.2, 0.25) is 0 Å². The second-order valence-corrected chi connectivity index (χ2v) is 7.11. The molecule has 0 amide bonds. The molecule has 0 spiro atoms. The molecule has 0 saturated carbocycles. The van der Waals surface area contributed by atoms with Gasteiger partial charge in [-0.1, -0.05) is 48.2 Å². The van der Waals surface area contributed by atoms with Gasteiger partial charge in [0.05, 0.1) is 11.4 Å². The van der Waals surface area contributed by atoms with Gasteiger partial charge in [-0.25, -0.2) is 0 Å². The maximum Gasteiger partial charge on any atom is 0.160 e. The Morgan fingerprint density at radius 1 is 1.00 bits per heavy atom. The smallest absolute Gasteiger partial charge is 0.160 e. The highest BCUT2D eigenvalue weighted by molar-refractivity contribution is 7.99. The maximum atomic E-state index is 11.8. The van der Waals surface area contributed by atoms with Crippen molar-refractivity contribution in [2.75, 3.05) is 5.73 Å². The van der Waals surface area contributed by atoms with Crippen LogP contribution in [0.4, 0.5) is 5.69 Å². The standard InChI is InChI=1S/C23H23N3OS/c1-3-4-5-8-17(24)11-14-21(25)20-13-12-18(15-22(20)26)28-23-10-7-6-9-19(23)16(2)27/h3-15,24-25H,26H2,1-2H3/b4-3-,8-5-,14-11+,24-17?,25-21?. The monoisotopic (exact) mass is 389 g/mol. The Hall–Kier alpha value is -3.18. The second kappa shape index (κ2) is 10.2. The Labute approximate surface area is 169 Å². The van der Waals surface area contributed by atoms with E-state index in [-0.39, 0.29) is 11.5 Å². The molecule has 28 heavy (non-hydrogen) atoms. The molecule has 0 unspecified atom stereocenters. The number of allylic oxidation sites excluding steroid dienone is 6. The van der Waals surface area contributed by atoms with Crippen molar-refractivity contribution < 1.29 is 4.79 Å². The van der Waals surface area contributed by atoms with Crippen LogP contribution in [0.5, 0.6) is 0 Å². The number of rotatable bonds is 8. The molecule has 5 heteroatoms. The van der Waals surface area contributed by atoms with Crippen molar-refractivity contribution in [2.45, 2.75) is 23.6 Å². The minimum absolute atomic E-state index is 0.0190. The van der Waals surface area contributed by atoms with Crippen LogP contribution in [0.1, 0.15) is 29.8 Å². The van der Waals surface area contributed by atoms with Crippen molar-refractivity contribution in [1.29, 1.82) is 10.8 Å². The largest absolute Gasteiger partial charge is 0.398 e. The number of nitrogen functional groups attached to an aromatic ring is 1. The number of anilines is 1. The molecule has 4 nitrogen and oxygen atoms in total. The van der Waals surface area contributed by atoms with Gasteiger partial charge < -0.3 is 16.6 Å². The number of nitrogens with two attached hydrogens (primary N) is 1. The normalized spacial score (nSPS) is 11.5. The van der Waals surface area contributed by atoms with Gasteiger partial charge in [0, 0.05) is 26.6 Å². The molecule has 0 heterocycles. The highest BCUT2D eigenvalue weighted by atomic mass is 32.2. The van der Waals surface area contributed by atoms with Crippen LogP contribution in [0.15, 0.2) is 88.7 Å². The first-order chi connectivity index (χ1) is 13.4. The third kappa shape index (κ3) is 5.93. The molecular weight excluding hydrogens is 366 g/mol. The summed E-state index contributed by atoms with van der Waals surface area (Å²) in [7, 11) is 0. The summed E-state index contributed by atoms with van der Waals surface area (Å²) in [6, 6.07) is 12.9. The summed E-state index contributed by atoms with van der Waals surface area (Å²) >= 11 is 1.47. The van der Waals surface area contributed by atoms with Crippen molar-refractivity contribution in [3.63, 3.8) is 0 Å². The van der Waals surface area contributed by atoms with Crippen LogP contribution >= 0.6 is 11.8 Å². The summed E-state index contributed by atoms with van der Waals surface area (Å²) in [5, 5.41) is 16.0. The van der Waals surface area contributed by atoms with Gasteiger partial charge in [-0.05, 0) is 56.3 Å². The van der Waals surface area contributed by atoms with Crippen molar-refractivity contribution in [3.05, 3.63) is 90.0 Å². The van der Waals surface area contributed by atoms with Gasteiger partial charge in [0.15, 0.2) is 5.78 Å². The third-order valence-corrected chi connectivity index (χ3v) is 4.88. The Morgan fingerprint density at radius 3 is 2.43 bits per heavy atom. The lowest BCUT2D eigenvalue weighted by Crippen LogP contribution is -2.02. The highest BCUT2D eigenvalue weighted by Gasteiger charge is 2.10. The number of carbonyl (C=O) groups is 1. The van der Waals surface area contributed by atoms with Crippen molar-refractivity contribution in [1.82, 2.24) is 0 Å². The summed E-state index contributed by atoms with van der Waals surface area (Å²) in [4.78, 5) is 13.5. The average Bonchev–Trinajstić information content (AvgIpc) is 2.66. The summed E-state index contributed by atoms with van der Waals surface area (Å²) < 4.78 is 0. The SMILES string of the molecule is C/C=C\C=C/C(=N)/C=C/C(=N)c1ccc(Sc2ccccc2C(C)=O)cc1N. The molecule has 2 aromatic rings. The number of benzene rings is 2. The third-order valence-electron chi connectivity index (χ3n) is 3.82. The maximum absolute atomic E-state index is 11.8. The molecule has 0 bridgehead atoms. The molecule has 0 saturated heterocycles. The van der Waals surface area contributed by atoms with Crippen LogP contribution in [-0.2, 0) is 0 Å². The number of carbonyl (C=O) groups excluding carboxylic acids is 1. The van der Waals surface area contributed by atoms with E-state index in [1.807, 2.05) is 49.4 Å². The number of nitrogens with one attached hydrogen (secondary N) is 2. The van der Waals surface area contributed by atoms with E-state index in [1.165, 1.54) is 11.8 Å². The van der Waals surface area contributed by atoms with Gasteiger partial charge in [-0.15, -0.1) is 0 Å². The molecule has 0 aromatic heterocycles. The topological polar surface area (TPSA) is 90.8 Å². The zero-order chi connectivity index (χ0) is 20.5. The van der Waals surface area contributed by atoms with E-state index in [0.29, 0.717) is 22.5 Å². The van der Waals surface area contributed by atoms with Crippen LogP contribution in [0.25, 0.3) is 0 Å². The first-order valence-corrected chi connectivity index (χ1v) is 9.56. The van der Waals surface area contributed by atoms with Crippen LogP contribution in [-0.4, -0.2) is 17.2 Å². The van der Waals surface area contributed by atoms with E-state index < -0.39 is 0 Å². The van der Waals surface area contributed by atoms with E-state index in [2.05, 4.69) is 0 Å². The van der Waals surface area contributed by atoms with Gasteiger partial charge in [-0.3, -0.25) is 4.79 Å². The van der Waals surface area contributed by atoms with Crippen molar-refractivity contribution in [3.8, 4) is 0 Å². The Balaban J connectivity index is 2.15. The summed E-state index contributed by atoms with van der Waals surface area (Å²) in [5.74, 6) is 0.0190. The number of hydrogen-bond acceptors (Lipinski definition) is 5.